The number of likely N-dealkylation sites (tertiary alicyclic amines) is 1. The summed E-state index contributed by atoms with van der Waals surface area (Å²) in [5.74, 6) is 0.851. The lowest BCUT2D eigenvalue weighted by atomic mass is 9.87. The van der Waals surface area contributed by atoms with Crippen molar-refractivity contribution in [2.45, 2.75) is 97.2 Å². The minimum absolute atomic E-state index is 0.0243. The van der Waals surface area contributed by atoms with Gasteiger partial charge in [-0.3, -0.25) is 15.1 Å². The van der Waals surface area contributed by atoms with Crippen LogP contribution in [0.15, 0.2) is 42.5 Å². The molecule has 4 rings (SSSR count). The fourth-order valence-corrected chi connectivity index (χ4v) is 5.93. The molecule has 2 aromatic carbocycles. The van der Waals surface area contributed by atoms with Crippen molar-refractivity contribution in [2.24, 2.45) is 5.92 Å². The van der Waals surface area contributed by atoms with Crippen LogP contribution in [0.3, 0.4) is 0 Å². The zero-order valence-electron chi connectivity index (χ0n) is 26.8. The number of alkyl halides is 3. The number of carbonyl (C=O) groups is 1. The van der Waals surface area contributed by atoms with Crippen LogP contribution in [0.25, 0.3) is 0 Å². The molecule has 0 radical (unpaired) electrons. The molecule has 2 aromatic rings. The predicted molar refractivity (Wildman–Crippen MR) is 171 cm³/mol. The first-order valence-electron chi connectivity index (χ1n) is 15.8. The number of hydrogen-bond acceptors (Lipinski definition) is 5. The van der Waals surface area contributed by atoms with Gasteiger partial charge in [-0.15, -0.1) is 0 Å². The molecule has 0 unspecified atom stereocenters. The molecule has 2 saturated heterocycles. The van der Waals surface area contributed by atoms with Gasteiger partial charge in [0.15, 0.2) is 0 Å². The summed E-state index contributed by atoms with van der Waals surface area (Å²) in [7, 11) is 1.28. The monoisotopic (exact) mass is 604 g/mol. The summed E-state index contributed by atoms with van der Waals surface area (Å²) in [5.41, 5.74) is 4.61. The van der Waals surface area contributed by atoms with Crippen molar-refractivity contribution >= 4 is 23.0 Å². The molecular weight excluding hydrogens is 553 g/mol. The Morgan fingerprint density at radius 3 is 2.12 bits per heavy atom. The van der Waals surface area contributed by atoms with Crippen molar-refractivity contribution in [3.05, 3.63) is 53.6 Å². The maximum atomic E-state index is 13.5. The maximum Gasteiger partial charge on any atom is 0.418 e. The van der Waals surface area contributed by atoms with E-state index in [1.54, 1.807) is 6.07 Å². The average molecular weight is 605 g/mol. The van der Waals surface area contributed by atoms with Crippen LogP contribution in [0, 0.1) is 5.92 Å². The standard InChI is InChI=1S/C32H45F3N4O2.C2H6/c1-31(2,3)24-8-11-27(12-9-24)38-18-14-23(15-19-38)6-5-7-30(40)39-20-16-25(17-21-39)36-26-10-13-29(37-41-4)28(22-26)32(33,34)35;1-2/h8-13,22-23,25,36-37H,5-7,14-21H2,1-4H3;1-2H3. The van der Waals surface area contributed by atoms with Crippen molar-refractivity contribution in [1.29, 1.82) is 0 Å². The number of nitrogens with one attached hydrogen (secondary N) is 2. The number of piperidine rings is 2. The van der Waals surface area contributed by atoms with Gasteiger partial charge in [-0.25, -0.2) is 0 Å². The lowest BCUT2D eigenvalue weighted by molar-refractivity contribution is -0.137. The molecule has 9 heteroatoms. The molecule has 0 saturated carbocycles. The van der Waals surface area contributed by atoms with E-state index < -0.39 is 11.7 Å². The van der Waals surface area contributed by atoms with Gasteiger partial charge in [-0.2, -0.15) is 13.2 Å². The third-order valence-electron chi connectivity index (χ3n) is 8.47. The van der Waals surface area contributed by atoms with Crippen LogP contribution < -0.4 is 15.7 Å². The van der Waals surface area contributed by atoms with Crippen LogP contribution in [0.5, 0.6) is 0 Å². The summed E-state index contributed by atoms with van der Waals surface area (Å²) in [6.45, 7) is 14.1. The summed E-state index contributed by atoms with van der Waals surface area (Å²) in [4.78, 5) is 21.9. The van der Waals surface area contributed by atoms with Gasteiger partial charge in [0.1, 0.15) is 0 Å². The largest absolute Gasteiger partial charge is 0.418 e. The molecular formula is C34H51F3N4O2. The smallest absolute Gasteiger partial charge is 0.382 e. The van der Waals surface area contributed by atoms with E-state index in [2.05, 4.69) is 65.6 Å². The van der Waals surface area contributed by atoms with E-state index in [0.717, 1.165) is 44.8 Å². The van der Waals surface area contributed by atoms with Gasteiger partial charge in [0.2, 0.25) is 5.91 Å². The SMILES string of the molecule is CC.CONc1ccc(NC2CCN(C(=O)CCCC3CCN(c4ccc(C(C)(C)C)cc4)CC3)CC2)cc1C(F)(F)F. The summed E-state index contributed by atoms with van der Waals surface area (Å²) in [6, 6.07) is 13.1. The Kier molecular flexibility index (Phi) is 12.6. The minimum Gasteiger partial charge on any atom is -0.382 e. The number of halogens is 3. The highest BCUT2D eigenvalue weighted by molar-refractivity contribution is 5.76. The van der Waals surface area contributed by atoms with Crippen LogP contribution in [0.1, 0.15) is 90.7 Å². The Hall–Kier alpha value is -2.94. The molecule has 2 fully saturated rings. The summed E-state index contributed by atoms with van der Waals surface area (Å²) < 4.78 is 40.4. The van der Waals surface area contributed by atoms with Crippen LogP contribution in [-0.2, 0) is 21.2 Å². The quantitative estimate of drug-likeness (QED) is 0.281. The normalized spacial score (nSPS) is 16.9. The van der Waals surface area contributed by atoms with Crippen molar-refractivity contribution < 1.29 is 22.8 Å². The molecule has 1 amide bonds. The van der Waals surface area contributed by atoms with Gasteiger partial charge >= 0.3 is 6.18 Å². The Balaban J connectivity index is 0.00000248. The zero-order valence-corrected chi connectivity index (χ0v) is 26.8. The minimum atomic E-state index is -4.50. The number of rotatable bonds is 9. The fourth-order valence-electron chi connectivity index (χ4n) is 5.93. The van der Waals surface area contributed by atoms with Gasteiger partial charge in [0.05, 0.1) is 18.4 Å². The van der Waals surface area contributed by atoms with Crippen LogP contribution in [-0.4, -0.2) is 50.1 Å². The van der Waals surface area contributed by atoms with E-state index in [0.29, 0.717) is 44.0 Å². The first-order chi connectivity index (χ1) is 20.4. The van der Waals surface area contributed by atoms with Gasteiger partial charge < -0.3 is 15.1 Å². The van der Waals surface area contributed by atoms with Gasteiger partial charge in [0.25, 0.3) is 0 Å². The molecule has 0 atom stereocenters. The van der Waals surface area contributed by atoms with Crippen LogP contribution in [0.2, 0.25) is 0 Å². The molecule has 2 aliphatic rings. The van der Waals surface area contributed by atoms with E-state index in [1.165, 1.54) is 24.4 Å². The summed E-state index contributed by atoms with van der Waals surface area (Å²) >= 11 is 0. The van der Waals surface area contributed by atoms with Crippen molar-refractivity contribution in [3.63, 3.8) is 0 Å². The number of nitrogens with zero attached hydrogens (tertiary/aromatic N) is 2. The average Bonchev–Trinajstić information content (AvgIpc) is 2.99. The number of anilines is 3. The molecule has 0 aliphatic carbocycles. The van der Waals surface area contributed by atoms with E-state index in [4.69, 9.17) is 0 Å². The number of benzene rings is 2. The number of hydrogen-bond donors (Lipinski definition) is 2. The second-order valence-electron chi connectivity index (χ2n) is 12.5. The predicted octanol–water partition coefficient (Wildman–Crippen LogP) is 8.49. The number of carbonyl (C=O) groups excluding carboxylic acids is 1. The fraction of sp³-hybridized carbons (Fsp3) is 0.618. The van der Waals surface area contributed by atoms with Crippen LogP contribution >= 0.6 is 0 Å². The molecule has 43 heavy (non-hydrogen) atoms. The maximum absolute atomic E-state index is 13.5. The molecule has 0 spiro atoms. The van der Waals surface area contributed by atoms with Gasteiger partial charge in [-0.05, 0) is 85.8 Å². The summed E-state index contributed by atoms with van der Waals surface area (Å²) in [6.07, 6.45) is 1.79. The number of amides is 1. The zero-order chi connectivity index (χ0) is 31.6. The molecule has 2 aliphatic heterocycles. The Morgan fingerprint density at radius 2 is 1.56 bits per heavy atom. The van der Waals surface area contributed by atoms with Crippen molar-refractivity contribution in [1.82, 2.24) is 4.90 Å². The molecule has 2 heterocycles. The Bertz CT molecular complexity index is 1130. The van der Waals surface area contributed by atoms with E-state index in [-0.39, 0.29) is 23.1 Å². The molecule has 2 N–H and O–H groups in total. The Morgan fingerprint density at radius 1 is 0.930 bits per heavy atom. The van der Waals surface area contributed by atoms with Gasteiger partial charge in [-0.1, -0.05) is 46.8 Å². The lowest BCUT2D eigenvalue weighted by Gasteiger charge is -2.34. The van der Waals surface area contributed by atoms with Crippen molar-refractivity contribution in [3.8, 4) is 0 Å². The molecule has 0 aromatic heterocycles. The molecule has 240 valence electrons. The van der Waals surface area contributed by atoms with E-state index in [1.807, 2.05) is 18.7 Å². The molecule has 0 bridgehead atoms. The second kappa shape index (κ2) is 15.7. The highest BCUT2D eigenvalue weighted by Crippen LogP contribution is 2.37. The van der Waals surface area contributed by atoms with E-state index >= 15 is 0 Å². The third-order valence-corrected chi connectivity index (χ3v) is 8.47. The highest BCUT2D eigenvalue weighted by Gasteiger charge is 2.34. The third kappa shape index (κ3) is 10.1. The first-order valence-corrected chi connectivity index (χ1v) is 15.8. The first kappa shape index (κ1) is 34.5. The van der Waals surface area contributed by atoms with Crippen LogP contribution in [0.4, 0.5) is 30.2 Å². The topological polar surface area (TPSA) is 56.8 Å². The second-order valence-corrected chi connectivity index (χ2v) is 12.5. The van der Waals surface area contributed by atoms with Gasteiger partial charge in [0, 0.05) is 50.0 Å². The van der Waals surface area contributed by atoms with Crippen molar-refractivity contribution in [2.75, 3.05) is 49.0 Å². The lowest BCUT2D eigenvalue weighted by Crippen LogP contribution is -2.42. The highest BCUT2D eigenvalue weighted by atomic mass is 19.4. The molecule has 6 nitrogen and oxygen atoms in total. The summed E-state index contributed by atoms with van der Waals surface area (Å²) in [5, 5.41) is 3.22. The Labute approximate surface area is 256 Å². The van der Waals surface area contributed by atoms with E-state index in [9.17, 15) is 18.0 Å².